The van der Waals surface area contributed by atoms with Crippen molar-refractivity contribution in [3.63, 3.8) is 0 Å². The van der Waals surface area contributed by atoms with Crippen molar-refractivity contribution in [3.05, 3.63) is 35.4 Å². The van der Waals surface area contributed by atoms with Gasteiger partial charge in [-0.3, -0.25) is 0 Å². The second kappa shape index (κ2) is 5.47. The van der Waals surface area contributed by atoms with E-state index in [1.807, 2.05) is 0 Å². The van der Waals surface area contributed by atoms with Gasteiger partial charge in [-0.2, -0.15) is 0 Å². The first kappa shape index (κ1) is 11.7. The van der Waals surface area contributed by atoms with Gasteiger partial charge in [0.25, 0.3) is 0 Å². The van der Waals surface area contributed by atoms with E-state index in [1.54, 1.807) is 0 Å². The Kier molecular flexibility index (Phi) is 4.26. The maximum Gasteiger partial charge on any atom is 0.130 e. The summed E-state index contributed by atoms with van der Waals surface area (Å²) < 4.78 is 26.5. The molecule has 1 aromatic carbocycles. The zero-order chi connectivity index (χ0) is 11.3. The van der Waals surface area contributed by atoms with E-state index in [0.717, 1.165) is 0 Å². The quantitative estimate of drug-likeness (QED) is 0.599. The van der Waals surface area contributed by atoms with Gasteiger partial charge in [-0.15, -0.1) is 12.3 Å². The van der Waals surface area contributed by atoms with Gasteiger partial charge in [-0.1, -0.05) is 6.07 Å². The molecular weight excluding hydrogens is 196 g/mol. The van der Waals surface area contributed by atoms with Crippen LogP contribution >= 0.6 is 0 Å². The van der Waals surface area contributed by atoms with Gasteiger partial charge in [-0.25, -0.2) is 8.78 Å². The number of nitrogens with two attached hydrogens (primary N) is 1. The molecule has 0 amide bonds. The number of terminal acetylenes is 1. The summed E-state index contributed by atoms with van der Waals surface area (Å²) in [6, 6.07) is 3.11. The Morgan fingerprint density at radius 1 is 1.33 bits per heavy atom. The molecule has 2 N–H and O–H groups in total. The Balaban J connectivity index is 2.73. The highest BCUT2D eigenvalue weighted by atomic mass is 19.1. The topological polar surface area (TPSA) is 26.0 Å². The lowest BCUT2D eigenvalue weighted by molar-refractivity contribution is 0.506. The summed E-state index contributed by atoms with van der Waals surface area (Å²) in [4.78, 5) is 0. The van der Waals surface area contributed by atoms with Crippen LogP contribution in [0.1, 0.15) is 30.9 Å². The molecule has 0 aliphatic heterocycles. The molecule has 1 atom stereocenters. The molecule has 0 aliphatic rings. The van der Waals surface area contributed by atoms with Crippen molar-refractivity contribution in [2.45, 2.75) is 25.3 Å². The third-order valence-corrected chi connectivity index (χ3v) is 2.21. The van der Waals surface area contributed by atoms with E-state index < -0.39 is 17.7 Å². The molecule has 0 saturated carbocycles. The van der Waals surface area contributed by atoms with Gasteiger partial charge in [0, 0.05) is 18.0 Å². The van der Waals surface area contributed by atoms with Crippen molar-refractivity contribution in [2.24, 2.45) is 5.73 Å². The van der Waals surface area contributed by atoms with Crippen LogP contribution in [-0.4, -0.2) is 0 Å². The molecule has 0 aromatic heterocycles. The normalized spacial score (nSPS) is 12.1. The third kappa shape index (κ3) is 3.03. The summed E-state index contributed by atoms with van der Waals surface area (Å²) in [5, 5.41) is 0. The van der Waals surface area contributed by atoms with Crippen molar-refractivity contribution in [2.75, 3.05) is 0 Å². The lowest BCUT2D eigenvalue weighted by Crippen LogP contribution is -2.14. The molecule has 0 bridgehead atoms. The summed E-state index contributed by atoms with van der Waals surface area (Å²) in [5.41, 5.74) is 5.64. The smallest absolute Gasteiger partial charge is 0.130 e. The van der Waals surface area contributed by atoms with Gasteiger partial charge < -0.3 is 5.73 Å². The van der Waals surface area contributed by atoms with Crippen LogP contribution < -0.4 is 5.73 Å². The fraction of sp³-hybridized carbons (Fsp3) is 0.333. The second-order valence-electron chi connectivity index (χ2n) is 3.34. The SMILES string of the molecule is C#CCCCC(N)c1c(F)cccc1F. The molecule has 1 unspecified atom stereocenters. The Labute approximate surface area is 88.3 Å². The van der Waals surface area contributed by atoms with Crippen LogP contribution in [0.15, 0.2) is 18.2 Å². The van der Waals surface area contributed by atoms with E-state index in [-0.39, 0.29) is 5.56 Å². The van der Waals surface area contributed by atoms with Gasteiger partial charge in [-0.05, 0) is 25.0 Å². The number of hydrogen-bond donors (Lipinski definition) is 1. The number of halogens is 2. The van der Waals surface area contributed by atoms with Crippen molar-refractivity contribution in [1.82, 2.24) is 0 Å². The van der Waals surface area contributed by atoms with E-state index in [0.29, 0.717) is 19.3 Å². The molecule has 15 heavy (non-hydrogen) atoms. The molecule has 0 spiro atoms. The minimum atomic E-state index is -0.625. The van der Waals surface area contributed by atoms with E-state index in [4.69, 9.17) is 12.2 Å². The van der Waals surface area contributed by atoms with Crippen LogP contribution in [0, 0.1) is 24.0 Å². The average molecular weight is 209 g/mol. The molecule has 80 valence electrons. The van der Waals surface area contributed by atoms with E-state index in [9.17, 15) is 8.78 Å². The molecule has 0 saturated heterocycles. The monoisotopic (exact) mass is 209 g/mol. The number of unbranched alkanes of at least 4 members (excludes halogenated alkanes) is 1. The van der Waals surface area contributed by atoms with Gasteiger partial charge >= 0.3 is 0 Å². The van der Waals surface area contributed by atoms with Gasteiger partial charge in [0.2, 0.25) is 0 Å². The molecule has 0 aliphatic carbocycles. The van der Waals surface area contributed by atoms with Crippen molar-refractivity contribution < 1.29 is 8.78 Å². The van der Waals surface area contributed by atoms with E-state index >= 15 is 0 Å². The maximum atomic E-state index is 13.2. The minimum absolute atomic E-state index is 0.0467. The molecule has 1 aromatic rings. The molecule has 1 nitrogen and oxygen atoms in total. The first-order chi connectivity index (χ1) is 7.16. The van der Waals surface area contributed by atoms with Crippen molar-refractivity contribution in [1.29, 1.82) is 0 Å². The molecule has 1 rings (SSSR count). The summed E-state index contributed by atoms with van der Waals surface area (Å²) in [5.74, 6) is 1.27. The van der Waals surface area contributed by atoms with Crippen molar-refractivity contribution >= 4 is 0 Å². The fourth-order valence-electron chi connectivity index (χ4n) is 1.43. The van der Waals surface area contributed by atoms with Crippen LogP contribution in [0.25, 0.3) is 0 Å². The standard InChI is InChI=1S/C12H13F2N/c1-2-3-4-8-11(15)12-9(13)6-5-7-10(12)14/h1,5-7,11H,3-4,8,15H2. The maximum absolute atomic E-state index is 13.2. The zero-order valence-electron chi connectivity index (χ0n) is 8.34. The number of rotatable bonds is 4. The Bertz CT molecular complexity index is 348. The minimum Gasteiger partial charge on any atom is -0.324 e. The van der Waals surface area contributed by atoms with Crippen LogP contribution in [0.3, 0.4) is 0 Å². The second-order valence-corrected chi connectivity index (χ2v) is 3.34. The van der Waals surface area contributed by atoms with Crippen LogP contribution in [0.4, 0.5) is 8.78 Å². The highest BCUT2D eigenvalue weighted by molar-refractivity contribution is 5.22. The Morgan fingerprint density at radius 2 is 1.93 bits per heavy atom. The molecule has 0 fully saturated rings. The predicted octanol–water partition coefficient (Wildman–Crippen LogP) is 2.77. The summed E-state index contributed by atoms with van der Waals surface area (Å²) >= 11 is 0. The number of hydrogen-bond acceptors (Lipinski definition) is 1. The van der Waals surface area contributed by atoms with Crippen LogP contribution in [-0.2, 0) is 0 Å². The van der Waals surface area contributed by atoms with Gasteiger partial charge in [0.05, 0.1) is 0 Å². The Hall–Kier alpha value is -1.40. The average Bonchev–Trinajstić information content (AvgIpc) is 2.18. The Morgan fingerprint density at radius 3 is 2.47 bits per heavy atom. The zero-order valence-corrected chi connectivity index (χ0v) is 8.34. The molecule has 3 heteroatoms. The van der Waals surface area contributed by atoms with Crippen LogP contribution in [0.5, 0.6) is 0 Å². The largest absolute Gasteiger partial charge is 0.324 e. The van der Waals surface area contributed by atoms with Crippen LogP contribution in [0.2, 0.25) is 0 Å². The molecule has 0 radical (unpaired) electrons. The summed E-state index contributed by atoms with van der Waals surface area (Å²) in [6.07, 6.45) is 6.81. The highest BCUT2D eigenvalue weighted by Gasteiger charge is 2.15. The predicted molar refractivity (Wildman–Crippen MR) is 56.0 cm³/mol. The van der Waals surface area contributed by atoms with Gasteiger partial charge in [0.1, 0.15) is 11.6 Å². The molecular formula is C12H13F2N. The lowest BCUT2D eigenvalue weighted by Gasteiger charge is -2.12. The first-order valence-electron chi connectivity index (χ1n) is 4.79. The highest BCUT2D eigenvalue weighted by Crippen LogP contribution is 2.22. The molecule has 0 heterocycles. The first-order valence-corrected chi connectivity index (χ1v) is 4.79. The van der Waals surface area contributed by atoms with Crippen molar-refractivity contribution in [3.8, 4) is 12.3 Å². The third-order valence-electron chi connectivity index (χ3n) is 2.21. The number of benzene rings is 1. The summed E-state index contributed by atoms with van der Waals surface area (Å²) in [6.45, 7) is 0. The summed E-state index contributed by atoms with van der Waals surface area (Å²) in [7, 11) is 0. The van der Waals surface area contributed by atoms with E-state index in [2.05, 4.69) is 5.92 Å². The lowest BCUT2D eigenvalue weighted by atomic mass is 10.0. The van der Waals surface area contributed by atoms with Gasteiger partial charge in [0.15, 0.2) is 0 Å². The van der Waals surface area contributed by atoms with E-state index in [1.165, 1.54) is 18.2 Å². The fourth-order valence-corrected chi connectivity index (χ4v) is 1.43.